The fraction of sp³-hybridized carbons (Fsp3) is 0.286. The van der Waals surface area contributed by atoms with Crippen molar-refractivity contribution in [3.8, 4) is 6.07 Å². The lowest BCUT2D eigenvalue weighted by atomic mass is 10.2. The van der Waals surface area contributed by atoms with Crippen LogP contribution in [0.2, 0.25) is 0 Å². The Morgan fingerprint density at radius 3 is 2.80 bits per heavy atom. The van der Waals surface area contributed by atoms with Crippen molar-refractivity contribution in [1.29, 1.82) is 5.26 Å². The molecule has 1 aromatic carbocycles. The number of benzene rings is 1. The number of amides is 1. The zero-order valence-corrected chi connectivity index (χ0v) is 11.9. The number of carbonyl (C=O) groups is 1. The van der Waals surface area contributed by atoms with Crippen LogP contribution in [-0.2, 0) is 6.42 Å². The molecular formula is C14H14N4OS. The molecule has 102 valence electrons. The molecule has 0 aliphatic rings. The summed E-state index contributed by atoms with van der Waals surface area (Å²) in [7, 11) is 0. The molecule has 0 atom stereocenters. The highest BCUT2D eigenvalue weighted by molar-refractivity contribution is 7.08. The fourth-order valence-corrected chi connectivity index (χ4v) is 2.54. The molecule has 1 amide bonds. The summed E-state index contributed by atoms with van der Waals surface area (Å²) in [6.45, 7) is 2.30. The summed E-state index contributed by atoms with van der Waals surface area (Å²) >= 11 is 1.10. The monoisotopic (exact) mass is 286 g/mol. The van der Waals surface area contributed by atoms with Crippen molar-refractivity contribution in [2.45, 2.75) is 19.8 Å². The molecule has 5 nitrogen and oxygen atoms in total. The predicted octanol–water partition coefficient (Wildman–Crippen LogP) is 2.66. The maximum Gasteiger partial charge on any atom is 0.271 e. The molecule has 0 saturated heterocycles. The van der Waals surface area contributed by atoms with Gasteiger partial charge in [-0.1, -0.05) is 29.6 Å². The topological polar surface area (TPSA) is 69.9 Å². The van der Waals surface area contributed by atoms with E-state index in [1.165, 1.54) is 0 Å². The molecule has 0 spiro atoms. The van der Waals surface area contributed by atoms with Crippen molar-refractivity contribution < 1.29 is 4.79 Å². The minimum Gasteiger partial charge on any atom is -0.307 e. The molecule has 0 bridgehead atoms. The van der Waals surface area contributed by atoms with E-state index < -0.39 is 0 Å². The Kier molecular flexibility index (Phi) is 4.80. The summed E-state index contributed by atoms with van der Waals surface area (Å²) in [6, 6.07) is 11.4. The van der Waals surface area contributed by atoms with Gasteiger partial charge in [0.2, 0.25) is 0 Å². The van der Waals surface area contributed by atoms with Crippen LogP contribution in [0.5, 0.6) is 0 Å². The van der Waals surface area contributed by atoms with E-state index in [9.17, 15) is 4.79 Å². The average molecular weight is 286 g/mol. The molecule has 0 fully saturated rings. The van der Waals surface area contributed by atoms with Gasteiger partial charge in [-0.3, -0.25) is 4.79 Å². The average Bonchev–Trinajstić information content (AvgIpc) is 2.97. The molecule has 1 aromatic heterocycles. The number of hydrogen-bond donors (Lipinski definition) is 0. The van der Waals surface area contributed by atoms with Crippen molar-refractivity contribution in [2.24, 2.45) is 0 Å². The van der Waals surface area contributed by atoms with Gasteiger partial charge in [0.1, 0.15) is 4.88 Å². The van der Waals surface area contributed by atoms with Crippen LogP contribution < -0.4 is 4.90 Å². The summed E-state index contributed by atoms with van der Waals surface area (Å²) < 4.78 is 3.85. The molecule has 0 N–H and O–H groups in total. The zero-order valence-electron chi connectivity index (χ0n) is 11.1. The third kappa shape index (κ3) is 3.00. The van der Waals surface area contributed by atoms with Gasteiger partial charge < -0.3 is 4.90 Å². The van der Waals surface area contributed by atoms with Crippen LogP contribution in [0.3, 0.4) is 0 Å². The second kappa shape index (κ2) is 6.78. The first-order valence-corrected chi connectivity index (χ1v) is 7.10. The summed E-state index contributed by atoms with van der Waals surface area (Å²) in [4.78, 5) is 14.8. The van der Waals surface area contributed by atoms with Gasteiger partial charge in [0.15, 0.2) is 0 Å². The Morgan fingerprint density at radius 2 is 2.15 bits per heavy atom. The van der Waals surface area contributed by atoms with Gasteiger partial charge in [-0.25, -0.2) is 0 Å². The lowest BCUT2D eigenvalue weighted by Gasteiger charge is -2.21. The van der Waals surface area contributed by atoms with Gasteiger partial charge in [0, 0.05) is 12.2 Å². The second-order valence-corrected chi connectivity index (χ2v) is 4.86. The molecule has 1 heterocycles. The van der Waals surface area contributed by atoms with E-state index in [1.54, 1.807) is 4.90 Å². The molecule has 0 unspecified atom stereocenters. The minimum absolute atomic E-state index is 0.140. The molecule has 6 heteroatoms. The molecular weight excluding hydrogens is 272 g/mol. The van der Waals surface area contributed by atoms with Crippen LogP contribution in [0.15, 0.2) is 30.3 Å². The molecule has 2 rings (SSSR count). The van der Waals surface area contributed by atoms with Gasteiger partial charge in [0.05, 0.1) is 18.2 Å². The number of rotatable bonds is 5. The Hall–Kier alpha value is -2.26. The maximum atomic E-state index is 12.6. The van der Waals surface area contributed by atoms with Gasteiger partial charge in [-0.2, -0.15) is 5.26 Å². The van der Waals surface area contributed by atoms with Crippen molar-refractivity contribution in [2.75, 3.05) is 11.4 Å². The van der Waals surface area contributed by atoms with Crippen molar-refractivity contribution in [3.05, 3.63) is 40.9 Å². The molecule has 0 aliphatic heterocycles. The van der Waals surface area contributed by atoms with E-state index >= 15 is 0 Å². The Morgan fingerprint density at radius 1 is 1.40 bits per heavy atom. The normalized spacial score (nSPS) is 10.0. The summed E-state index contributed by atoms with van der Waals surface area (Å²) in [5, 5.41) is 12.7. The quantitative estimate of drug-likeness (QED) is 0.847. The van der Waals surface area contributed by atoms with Crippen LogP contribution in [0, 0.1) is 11.3 Å². The SMILES string of the molecule is CCc1nnsc1C(=O)N(CCC#N)c1ccccc1. The number of carbonyl (C=O) groups excluding carboxylic acids is 1. The van der Waals surface area contributed by atoms with Gasteiger partial charge in [-0.05, 0) is 30.1 Å². The first-order valence-electron chi connectivity index (χ1n) is 6.33. The number of para-hydroxylation sites is 1. The second-order valence-electron chi connectivity index (χ2n) is 4.10. The lowest BCUT2D eigenvalue weighted by Crippen LogP contribution is -2.31. The molecule has 0 saturated carbocycles. The first-order chi connectivity index (χ1) is 9.77. The largest absolute Gasteiger partial charge is 0.307 e. The van der Waals surface area contributed by atoms with Gasteiger partial charge >= 0.3 is 0 Å². The van der Waals surface area contributed by atoms with Crippen molar-refractivity contribution in [1.82, 2.24) is 9.59 Å². The van der Waals surface area contributed by atoms with Crippen LogP contribution >= 0.6 is 11.5 Å². The number of anilines is 1. The number of aryl methyl sites for hydroxylation is 1. The zero-order chi connectivity index (χ0) is 14.4. The highest BCUT2D eigenvalue weighted by Crippen LogP contribution is 2.20. The van der Waals surface area contributed by atoms with Gasteiger partial charge in [0.25, 0.3) is 5.91 Å². The molecule has 0 aliphatic carbocycles. The fourth-order valence-electron chi connectivity index (χ4n) is 1.84. The number of aromatic nitrogens is 2. The van der Waals surface area contributed by atoms with Crippen LogP contribution in [0.1, 0.15) is 28.7 Å². The van der Waals surface area contributed by atoms with E-state index in [2.05, 4.69) is 15.7 Å². The summed E-state index contributed by atoms with van der Waals surface area (Å²) in [5.41, 5.74) is 1.49. The Balaban J connectivity index is 2.32. The van der Waals surface area contributed by atoms with Gasteiger partial charge in [-0.15, -0.1) is 5.10 Å². The number of hydrogen-bond acceptors (Lipinski definition) is 5. The maximum absolute atomic E-state index is 12.6. The van der Waals surface area contributed by atoms with Crippen LogP contribution in [-0.4, -0.2) is 22.0 Å². The van der Waals surface area contributed by atoms with Crippen molar-refractivity contribution >= 4 is 23.1 Å². The van der Waals surface area contributed by atoms with E-state index in [0.717, 1.165) is 17.2 Å². The Labute approximate surface area is 121 Å². The molecule has 0 radical (unpaired) electrons. The minimum atomic E-state index is -0.140. The highest BCUT2D eigenvalue weighted by Gasteiger charge is 2.22. The smallest absolute Gasteiger partial charge is 0.271 e. The highest BCUT2D eigenvalue weighted by atomic mass is 32.1. The molecule has 2 aromatic rings. The molecule has 20 heavy (non-hydrogen) atoms. The van der Waals surface area contributed by atoms with Crippen molar-refractivity contribution in [3.63, 3.8) is 0 Å². The number of nitrogens with zero attached hydrogens (tertiary/aromatic N) is 4. The standard InChI is InChI=1S/C14H14N4OS/c1-2-12-13(20-17-16-12)14(19)18(10-6-9-15)11-7-4-3-5-8-11/h3-5,7-8H,2,6,10H2,1H3. The van der Waals surface area contributed by atoms with E-state index in [0.29, 0.717) is 23.5 Å². The third-order valence-corrected chi connectivity index (χ3v) is 3.60. The first kappa shape index (κ1) is 14.2. The summed E-state index contributed by atoms with van der Waals surface area (Å²) in [6.07, 6.45) is 0.951. The lowest BCUT2D eigenvalue weighted by molar-refractivity contribution is 0.0990. The van der Waals surface area contributed by atoms with E-state index in [-0.39, 0.29) is 12.3 Å². The predicted molar refractivity (Wildman–Crippen MR) is 77.6 cm³/mol. The van der Waals surface area contributed by atoms with Crippen LogP contribution in [0.25, 0.3) is 0 Å². The Bertz CT molecular complexity index is 618. The third-order valence-electron chi connectivity index (χ3n) is 2.85. The summed E-state index contributed by atoms with van der Waals surface area (Å²) in [5.74, 6) is -0.140. The van der Waals surface area contributed by atoms with E-state index in [1.807, 2.05) is 37.3 Å². The van der Waals surface area contributed by atoms with Crippen LogP contribution in [0.4, 0.5) is 5.69 Å². The number of nitriles is 1. The van der Waals surface area contributed by atoms with E-state index in [4.69, 9.17) is 5.26 Å².